The van der Waals surface area contributed by atoms with Crippen LogP contribution >= 0.6 is 11.6 Å². The van der Waals surface area contributed by atoms with Crippen molar-refractivity contribution < 1.29 is 22.7 Å². The van der Waals surface area contributed by atoms with Gasteiger partial charge in [0.15, 0.2) is 5.69 Å². The maximum atomic E-state index is 12.8. The van der Waals surface area contributed by atoms with E-state index in [0.29, 0.717) is 22.9 Å². The van der Waals surface area contributed by atoms with Crippen LogP contribution in [-0.2, 0) is 6.18 Å². The van der Waals surface area contributed by atoms with Gasteiger partial charge in [-0.1, -0.05) is 29.8 Å². The van der Waals surface area contributed by atoms with Crippen LogP contribution in [0.5, 0.6) is 11.5 Å². The van der Waals surface area contributed by atoms with Gasteiger partial charge in [-0.05, 0) is 42.5 Å². The Labute approximate surface area is 174 Å². The second-order valence-corrected chi connectivity index (χ2v) is 6.41. The minimum Gasteiger partial charge on any atom is -0.457 e. The minimum atomic E-state index is -4.57. The third kappa shape index (κ3) is 5.43. The molecule has 3 aromatic rings. The number of rotatable bonds is 4. The summed E-state index contributed by atoms with van der Waals surface area (Å²) in [6.45, 7) is 6.94. The van der Waals surface area contributed by atoms with E-state index in [0.717, 1.165) is 18.2 Å². The zero-order chi connectivity index (χ0) is 21.7. The number of urea groups is 1. The first-order valence-electron chi connectivity index (χ1n) is 8.45. The van der Waals surface area contributed by atoms with Crippen molar-refractivity contribution in [2.24, 2.45) is 0 Å². The second-order valence-electron chi connectivity index (χ2n) is 6.01. The number of benzene rings is 3. The Balaban J connectivity index is 1.65. The summed E-state index contributed by atoms with van der Waals surface area (Å²) in [5, 5.41) is 4.47. The molecule has 3 rings (SSSR count). The molecule has 2 N–H and O–H groups in total. The average molecular weight is 432 g/mol. The molecule has 0 heterocycles. The van der Waals surface area contributed by atoms with Crippen LogP contribution < -0.4 is 15.4 Å². The lowest BCUT2D eigenvalue weighted by atomic mass is 10.2. The highest BCUT2D eigenvalue weighted by Gasteiger charge is 2.33. The average Bonchev–Trinajstić information content (AvgIpc) is 2.68. The maximum absolute atomic E-state index is 12.8. The van der Waals surface area contributed by atoms with E-state index < -0.39 is 22.8 Å². The van der Waals surface area contributed by atoms with Crippen LogP contribution in [0.15, 0.2) is 66.7 Å². The fourth-order valence-corrected chi connectivity index (χ4v) is 2.77. The van der Waals surface area contributed by atoms with Crippen molar-refractivity contribution in [3.8, 4) is 11.5 Å². The van der Waals surface area contributed by atoms with Crippen LogP contribution in [0.2, 0.25) is 5.02 Å². The van der Waals surface area contributed by atoms with E-state index in [4.69, 9.17) is 22.9 Å². The van der Waals surface area contributed by atoms with E-state index in [-0.39, 0.29) is 5.69 Å². The zero-order valence-electron chi connectivity index (χ0n) is 15.1. The molecule has 0 bridgehead atoms. The van der Waals surface area contributed by atoms with Crippen molar-refractivity contribution in [3.05, 3.63) is 88.7 Å². The first kappa shape index (κ1) is 21.0. The molecular formula is C21H13ClF3N3O2. The van der Waals surface area contributed by atoms with Crippen molar-refractivity contribution in [1.82, 2.24) is 0 Å². The number of nitrogens with zero attached hydrogens (tertiary/aromatic N) is 1. The largest absolute Gasteiger partial charge is 0.457 e. The summed E-state index contributed by atoms with van der Waals surface area (Å²) in [6.07, 6.45) is -4.57. The van der Waals surface area contributed by atoms with Crippen LogP contribution in [0.4, 0.5) is 35.0 Å². The molecule has 0 aromatic heterocycles. The van der Waals surface area contributed by atoms with Crippen LogP contribution in [0.1, 0.15) is 5.56 Å². The van der Waals surface area contributed by atoms with Crippen LogP contribution in [0, 0.1) is 6.57 Å². The summed E-state index contributed by atoms with van der Waals surface area (Å²) >= 11 is 5.65. The Hall–Kier alpha value is -3.70. The van der Waals surface area contributed by atoms with Crippen molar-refractivity contribution >= 4 is 34.7 Å². The minimum absolute atomic E-state index is 0.109. The fourth-order valence-electron chi connectivity index (χ4n) is 2.48. The third-order valence-electron chi connectivity index (χ3n) is 3.83. The molecule has 2 amide bonds. The highest BCUT2D eigenvalue weighted by atomic mass is 35.5. The number of ether oxygens (including phenoxy) is 1. The number of carbonyl (C=O) groups is 1. The molecule has 0 saturated carbocycles. The second kappa shape index (κ2) is 8.76. The number of halogens is 4. The summed E-state index contributed by atoms with van der Waals surface area (Å²) in [4.78, 5) is 15.5. The predicted octanol–water partition coefficient (Wildman–Crippen LogP) is 7.35. The normalized spacial score (nSPS) is 10.8. The van der Waals surface area contributed by atoms with Gasteiger partial charge in [-0.2, -0.15) is 13.2 Å². The Kier molecular flexibility index (Phi) is 6.14. The van der Waals surface area contributed by atoms with Crippen LogP contribution in [0.25, 0.3) is 4.85 Å². The van der Waals surface area contributed by atoms with Crippen molar-refractivity contribution in [2.75, 3.05) is 10.6 Å². The van der Waals surface area contributed by atoms with Gasteiger partial charge in [0.1, 0.15) is 11.5 Å². The van der Waals surface area contributed by atoms with Crippen LogP contribution in [0.3, 0.4) is 0 Å². The van der Waals surface area contributed by atoms with Crippen molar-refractivity contribution in [3.63, 3.8) is 0 Å². The summed E-state index contributed by atoms with van der Waals surface area (Å²) < 4.78 is 43.9. The molecule has 30 heavy (non-hydrogen) atoms. The SMILES string of the molecule is [C-]#[N+]c1ccc(Oc2cccc(NC(=O)Nc3ccc(C(F)(F)F)c(Cl)c3)c2)cc1. The van der Waals surface area contributed by atoms with Crippen LogP contribution in [-0.4, -0.2) is 6.03 Å². The summed E-state index contributed by atoms with van der Waals surface area (Å²) in [5.41, 5.74) is 0.0146. The van der Waals surface area contributed by atoms with E-state index in [1.807, 2.05) is 0 Å². The van der Waals surface area contributed by atoms with Gasteiger partial charge in [0.05, 0.1) is 17.2 Å². The molecule has 3 aromatic carbocycles. The van der Waals surface area contributed by atoms with E-state index in [1.54, 1.807) is 48.5 Å². The molecule has 0 atom stereocenters. The molecule has 0 aliphatic heterocycles. The first-order valence-corrected chi connectivity index (χ1v) is 8.82. The van der Waals surface area contributed by atoms with E-state index >= 15 is 0 Å². The fraction of sp³-hybridized carbons (Fsp3) is 0.0476. The van der Waals surface area contributed by atoms with E-state index in [9.17, 15) is 18.0 Å². The molecule has 9 heteroatoms. The standard InChI is InChI=1S/C21H13ClF3N3O2/c1-26-13-5-8-16(9-6-13)30-17-4-2-3-14(11-17)27-20(29)28-15-7-10-18(19(22)12-15)21(23,24)25/h2-12H,(H2,27,28,29). The molecule has 0 aliphatic carbocycles. The van der Waals surface area contributed by atoms with Gasteiger partial charge in [-0.3, -0.25) is 0 Å². The lowest BCUT2D eigenvalue weighted by Crippen LogP contribution is -2.19. The van der Waals surface area contributed by atoms with E-state index in [1.165, 1.54) is 0 Å². The van der Waals surface area contributed by atoms with Gasteiger partial charge in [-0.15, -0.1) is 0 Å². The quantitative estimate of drug-likeness (QED) is 0.424. The van der Waals surface area contributed by atoms with Crippen molar-refractivity contribution in [2.45, 2.75) is 6.18 Å². The molecular weight excluding hydrogens is 419 g/mol. The Bertz CT molecular complexity index is 1110. The predicted molar refractivity (Wildman–Crippen MR) is 108 cm³/mol. The van der Waals surface area contributed by atoms with Gasteiger partial charge in [0.25, 0.3) is 0 Å². The molecule has 152 valence electrons. The van der Waals surface area contributed by atoms with Gasteiger partial charge >= 0.3 is 12.2 Å². The van der Waals surface area contributed by atoms with Gasteiger partial charge in [0, 0.05) is 17.4 Å². The third-order valence-corrected chi connectivity index (χ3v) is 4.14. The Morgan fingerprint density at radius 3 is 2.20 bits per heavy atom. The summed E-state index contributed by atoms with van der Waals surface area (Å²) in [6, 6.07) is 15.3. The highest BCUT2D eigenvalue weighted by molar-refractivity contribution is 6.31. The maximum Gasteiger partial charge on any atom is 0.417 e. The molecule has 0 radical (unpaired) electrons. The topological polar surface area (TPSA) is 54.7 Å². The number of anilines is 2. The number of hydrogen-bond acceptors (Lipinski definition) is 2. The van der Waals surface area contributed by atoms with Gasteiger partial charge < -0.3 is 15.4 Å². The summed E-state index contributed by atoms with van der Waals surface area (Å²) in [5.74, 6) is 0.962. The monoisotopic (exact) mass is 431 g/mol. The highest BCUT2D eigenvalue weighted by Crippen LogP contribution is 2.36. The Morgan fingerprint density at radius 2 is 1.60 bits per heavy atom. The number of alkyl halides is 3. The van der Waals surface area contributed by atoms with Gasteiger partial charge in [-0.25, -0.2) is 9.64 Å². The lowest BCUT2D eigenvalue weighted by Gasteiger charge is -2.12. The lowest BCUT2D eigenvalue weighted by molar-refractivity contribution is -0.137. The van der Waals surface area contributed by atoms with Crippen molar-refractivity contribution in [1.29, 1.82) is 0 Å². The molecule has 5 nitrogen and oxygen atoms in total. The number of hydrogen-bond donors (Lipinski definition) is 2. The smallest absolute Gasteiger partial charge is 0.417 e. The number of amides is 2. The first-order chi connectivity index (χ1) is 14.2. The number of carbonyl (C=O) groups excluding carboxylic acids is 1. The number of nitrogens with one attached hydrogen (secondary N) is 2. The molecule has 0 saturated heterocycles. The van der Waals surface area contributed by atoms with Gasteiger partial charge in [0.2, 0.25) is 0 Å². The molecule has 0 fully saturated rings. The molecule has 0 spiro atoms. The summed E-state index contributed by atoms with van der Waals surface area (Å²) in [7, 11) is 0. The Morgan fingerprint density at radius 1 is 0.933 bits per heavy atom. The molecule has 0 unspecified atom stereocenters. The molecule has 0 aliphatic rings. The zero-order valence-corrected chi connectivity index (χ0v) is 15.9. The van der Waals surface area contributed by atoms with E-state index in [2.05, 4.69) is 15.5 Å².